The second kappa shape index (κ2) is 5.45. The van der Waals surface area contributed by atoms with Crippen molar-refractivity contribution in [3.63, 3.8) is 0 Å². The molecule has 2 N–H and O–H groups in total. The lowest BCUT2D eigenvalue weighted by Crippen LogP contribution is -2.30. The number of hydrogen-bond acceptors (Lipinski definition) is 2. The molecule has 1 aromatic carbocycles. The average Bonchev–Trinajstić information content (AvgIpc) is 2.14. The first kappa shape index (κ1) is 12.4. The Bertz CT molecular complexity index is 330. The Balaban J connectivity index is 2.91. The highest BCUT2D eigenvalue weighted by Crippen LogP contribution is 2.23. The summed E-state index contributed by atoms with van der Waals surface area (Å²) in [6.07, 6.45) is 0. The third-order valence-electron chi connectivity index (χ3n) is 2.06. The van der Waals surface area contributed by atoms with Crippen LogP contribution in [0.4, 0.5) is 4.39 Å². The molecule has 4 heteroatoms. The van der Waals surface area contributed by atoms with Crippen molar-refractivity contribution >= 4 is 11.6 Å². The Kier molecular flexibility index (Phi) is 4.51. The number of nitrogens with one attached hydrogen (secondary N) is 1. The summed E-state index contributed by atoms with van der Waals surface area (Å²) in [5, 5.41) is 12.7. The van der Waals surface area contributed by atoms with Gasteiger partial charge in [0.05, 0.1) is 12.6 Å². The molecule has 0 amide bonds. The third kappa shape index (κ3) is 3.45. The van der Waals surface area contributed by atoms with E-state index < -0.39 is 0 Å². The van der Waals surface area contributed by atoms with Crippen LogP contribution in [0.5, 0.6) is 0 Å². The van der Waals surface area contributed by atoms with Crippen molar-refractivity contribution in [3.8, 4) is 0 Å². The van der Waals surface area contributed by atoms with E-state index in [2.05, 4.69) is 5.32 Å². The van der Waals surface area contributed by atoms with Gasteiger partial charge in [0.15, 0.2) is 0 Å². The molecule has 0 aliphatic heterocycles. The monoisotopic (exact) mass is 231 g/mol. The number of rotatable bonds is 4. The van der Waals surface area contributed by atoms with Crippen LogP contribution in [0, 0.1) is 5.82 Å². The van der Waals surface area contributed by atoms with E-state index in [1.165, 1.54) is 12.1 Å². The number of hydrogen-bond donors (Lipinski definition) is 2. The van der Waals surface area contributed by atoms with E-state index in [4.69, 9.17) is 11.6 Å². The first-order valence-electron chi connectivity index (χ1n) is 4.86. The zero-order valence-corrected chi connectivity index (χ0v) is 9.55. The van der Waals surface area contributed by atoms with Gasteiger partial charge in [-0.15, -0.1) is 0 Å². The first-order chi connectivity index (χ1) is 7.04. The first-order valence-corrected chi connectivity index (χ1v) is 5.24. The van der Waals surface area contributed by atoms with E-state index >= 15 is 0 Å². The molecule has 1 unspecified atom stereocenters. The summed E-state index contributed by atoms with van der Waals surface area (Å²) in [4.78, 5) is 0. The number of aliphatic hydroxyl groups is 1. The fraction of sp³-hybridized carbons (Fsp3) is 0.455. The highest BCUT2D eigenvalue weighted by atomic mass is 35.5. The summed E-state index contributed by atoms with van der Waals surface area (Å²) >= 11 is 5.90. The SMILES string of the molecule is CC(C)NC(CO)c1ccc(F)cc1Cl. The van der Waals surface area contributed by atoms with E-state index in [9.17, 15) is 9.50 Å². The van der Waals surface area contributed by atoms with Gasteiger partial charge in [0, 0.05) is 11.1 Å². The number of aliphatic hydroxyl groups excluding tert-OH is 1. The zero-order valence-electron chi connectivity index (χ0n) is 8.80. The van der Waals surface area contributed by atoms with Crippen molar-refractivity contribution in [1.82, 2.24) is 5.32 Å². The molecule has 0 spiro atoms. The molecule has 0 saturated heterocycles. The van der Waals surface area contributed by atoms with Crippen LogP contribution in [-0.4, -0.2) is 17.8 Å². The number of halogens is 2. The Morgan fingerprint density at radius 1 is 1.47 bits per heavy atom. The Labute approximate surface area is 94.1 Å². The maximum atomic E-state index is 12.8. The fourth-order valence-corrected chi connectivity index (χ4v) is 1.73. The molecule has 0 aromatic heterocycles. The summed E-state index contributed by atoms with van der Waals surface area (Å²) in [5.41, 5.74) is 0.717. The maximum absolute atomic E-state index is 12.8. The minimum Gasteiger partial charge on any atom is -0.394 e. The van der Waals surface area contributed by atoms with Crippen molar-refractivity contribution in [1.29, 1.82) is 0 Å². The van der Waals surface area contributed by atoms with Gasteiger partial charge in [-0.2, -0.15) is 0 Å². The van der Waals surface area contributed by atoms with Gasteiger partial charge < -0.3 is 10.4 Å². The van der Waals surface area contributed by atoms with Crippen LogP contribution >= 0.6 is 11.6 Å². The summed E-state index contributed by atoms with van der Waals surface area (Å²) in [6, 6.07) is 4.16. The van der Waals surface area contributed by atoms with E-state index in [0.717, 1.165) is 0 Å². The molecule has 2 nitrogen and oxygen atoms in total. The van der Waals surface area contributed by atoms with Gasteiger partial charge in [0.25, 0.3) is 0 Å². The minimum atomic E-state index is -0.370. The van der Waals surface area contributed by atoms with Crippen LogP contribution in [0.1, 0.15) is 25.5 Å². The van der Waals surface area contributed by atoms with Crippen molar-refractivity contribution in [2.45, 2.75) is 25.9 Å². The molecule has 0 heterocycles. The van der Waals surface area contributed by atoms with E-state index in [1.807, 2.05) is 13.8 Å². The van der Waals surface area contributed by atoms with Crippen molar-refractivity contribution < 1.29 is 9.50 Å². The number of benzene rings is 1. The Hall–Kier alpha value is -0.640. The van der Waals surface area contributed by atoms with Crippen LogP contribution in [0.25, 0.3) is 0 Å². The fourth-order valence-electron chi connectivity index (χ4n) is 1.43. The van der Waals surface area contributed by atoms with E-state index in [-0.39, 0.29) is 24.5 Å². The van der Waals surface area contributed by atoms with Gasteiger partial charge >= 0.3 is 0 Å². The van der Waals surface area contributed by atoms with Gasteiger partial charge in [0.1, 0.15) is 5.82 Å². The standard InChI is InChI=1S/C11H15ClFNO/c1-7(2)14-11(6-15)9-4-3-8(13)5-10(9)12/h3-5,7,11,14-15H,6H2,1-2H3. The maximum Gasteiger partial charge on any atom is 0.124 e. The molecule has 0 radical (unpaired) electrons. The quantitative estimate of drug-likeness (QED) is 0.835. The normalized spacial score (nSPS) is 13.2. The van der Waals surface area contributed by atoms with Crippen LogP contribution < -0.4 is 5.32 Å². The molecule has 15 heavy (non-hydrogen) atoms. The molecule has 1 aromatic rings. The third-order valence-corrected chi connectivity index (χ3v) is 2.38. The molecular weight excluding hydrogens is 217 g/mol. The van der Waals surface area contributed by atoms with Crippen LogP contribution in [-0.2, 0) is 0 Å². The predicted octanol–water partition coefficient (Wildman–Crippen LogP) is 2.51. The summed E-state index contributed by atoms with van der Waals surface area (Å²) in [7, 11) is 0. The molecule has 0 saturated carbocycles. The van der Waals surface area contributed by atoms with Crippen LogP contribution in [0.3, 0.4) is 0 Å². The molecule has 1 rings (SSSR count). The molecule has 0 aliphatic carbocycles. The Morgan fingerprint density at radius 3 is 2.60 bits per heavy atom. The van der Waals surface area contributed by atoms with Crippen LogP contribution in [0.2, 0.25) is 5.02 Å². The van der Waals surface area contributed by atoms with Gasteiger partial charge in [-0.25, -0.2) is 4.39 Å². The lowest BCUT2D eigenvalue weighted by atomic mass is 10.1. The Morgan fingerprint density at radius 2 is 2.13 bits per heavy atom. The van der Waals surface area contributed by atoms with Crippen molar-refractivity contribution in [3.05, 3.63) is 34.6 Å². The van der Waals surface area contributed by atoms with Crippen LogP contribution in [0.15, 0.2) is 18.2 Å². The zero-order chi connectivity index (χ0) is 11.4. The lowest BCUT2D eigenvalue weighted by molar-refractivity contribution is 0.237. The lowest BCUT2D eigenvalue weighted by Gasteiger charge is -2.20. The van der Waals surface area contributed by atoms with Gasteiger partial charge in [0.2, 0.25) is 0 Å². The molecular formula is C11H15ClFNO. The van der Waals surface area contributed by atoms with Gasteiger partial charge in [-0.05, 0) is 17.7 Å². The second-order valence-electron chi connectivity index (χ2n) is 3.72. The smallest absolute Gasteiger partial charge is 0.124 e. The van der Waals surface area contributed by atoms with E-state index in [1.54, 1.807) is 6.07 Å². The molecule has 0 bridgehead atoms. The highest BCUT2D eigenvalue weighted by Gasteiger charge is 2.14. The summed E-state index contributed by atoms with van der Waals surface area (Å²) in [6.45, 7) is 3.88. The van der Waals surface area contributed by atoms with E-state index in [0.29, 0.717) is 10.6 Å². The highest BCUT2D eigenvalue weighted by molar-refractivity contribution is 6.31. The minimum absolute atomic E-state index is 0.0659. The molecule has 0 aliphatic rings. The summed E-state index contributed by atoms with van der Waals surface area (Å²) in [5.74, 6) is -0.370. The molecule has 0 fully saturated rings. The largest absolute Gasteiger partial charge is 0.394 e. The predicted molar refractivity (Wildman–Crippen MR) is 59.5 cm³/mol. The average molecular weight is 232 g/mol. The molecule has 1 atom stereocenters. The van der Waals surface area contributed by atoms with Crippen molar-refractivity contribution in [2.75, 3.05) is 6.61 Å². The van der Waals surface area contributed by atoms with Gasteiger partial charge in [-0.1, -0.05) is 31.5 Å². The second-order valence-corrected chi connectivity index (χ2v) is 4.13. The van der Waals surface area contributed by atoms with Crippen molar-refractivity contribution in [2.24, 2.45) is 0 Å². The molecule has 84 valence electrons. The van der Waals surface area contributed by atoms with Gasteiger partial charge in [-0.3, -0.25) is 0 Å². The summed E-state index contributed by atoms with van der Waals surface area (Å²) < 4.78 is 12.8. The topological polar surface area (TPSA) is 32.3 Å².